The van der Waals surface area contributed by atoms with Gasteiger partial charge in [-0.2, -0.15) is 0 Å². The smallest absolute Gasteiger partial charge is 0.308 e. The van der Waals surface area contributed by atoms with E-state index in [0.717, 1.165) is 31.4 Å². The molecule has 3 nitrogen and oxygen atoms in total. The Labute approximate surface area is 109 Å². The molecule has 0 bridgehead atoms. The van der Waals surface area contributed by atoms with E-state index in [0.29, 0.717) is 12.5 Å². The van der Waals surface area contributed by atoms with Gasteiger partial charge in [0.15, 0.2) is 0 Å². The zero-order valence-corrected chi connectivity index (χ0v) is 11.2. The topological polar surface area (TPSA) is 39.2 Å². The molecule has 1 aromatic rings. The number of carbonyl (C=O) groups excluding carboxylic acids is 1. The largest absolute Gasteiger partial charge is 0.466 e. The number of pyridine rings is 1. The van der Waals surface area contributed by atoms with Crippen molar-refractivity contribution in [2.24, 2.45) is 5.92 Å². The van der Waals surface area contributed by atoms with Gasteiger partial charge in [-0.25, -0.2) is 0 Å². The normalized spacial score (nSPS) is 23.7. The summed E-state index contributed by atoms with van der Waals surface area (Å²) in [6, 6.07) is 6.19. The summed E-state index contributed by atoms with van der Waals surface area (Å²) in [6.07, 6.45) is 3.94. The predicted molar refractivity (Wildman–Crippen MR) is 70.3 cm³/mol. The summed E-state index contributed by atoms with van der Waals surface area (Å²) in [5.41, 5.74) is 2.25. The Morgan fingerprint density at radius 1 is 1.33 bits per heavy atom. The van der Waals surface area contributed by atoms with E-state index in [2.05, 4.69) is 17.1 Å². The molecule has 0 N–H and O–H groups in total. The molecular weight excluding hydrogens is 226 g/mol. The third-order valence-corrected chi connectivity index (χ3v) is 3.68. The second kappa shape index (κ2) is 5.98. The molecule has 0 atom stereocenters. The van der Waals surface area contributed by atoms with Gasteiger partial charge in [0.25, 0.3) is 0 Å². The van der Waals surface area contributed by atoms with Crippen LogP contribution in [0.25, 0.3) is 0 Å². The van der Waals surface area contributed by atoms with E-state index in [1.54, 1.807) is 0 Å². The highest BCUT2D eigenvalue weighted by Gasteiger charge is 2.28. The van der Waals surface area contributed by atoms with Gasteiger partial charge >= 0.3 is 5.97 Å². The van der Waals surface area contributed by atoms with Crippen molar-refractivity contribution in [2.75, 3.05) is 6.61 Å². The van der Waals surface area contributed by atoms with Gasteiger partial charge in [0.1, 0.15) is 0 Å². The van der Waals surface area contributed by atoms with Gasteiger partial charge in [-0.05, 0) is 51.7 Å². The minimum atomic E-state index is -0.0202. The van der Waals surface area contributed by atoms with Crippen LogP contribution in [-0.2, 0) is 9.53 Å². The second-order valence-electron chi connectivity index (χ2n) is 5.00. The van der Waals surface area contributed by atoms with Crippen molar-refractivity contribution in [3.8, 4) is 0 Å². The van der Waals surface area contributed by atoms with Crippen LogP contribution in [-0.4, -0.2) is 17.6 Å². The van der Waals surface area contributed by atoms with Crippen LogP contribution in [0.2, 0.25) is 0 Å². The lowest BCUT2D eigenvalue weighted by atomic mass is 9.80. The van der Waals surface area contributed by atoms with E-state index < -0.39 is 0 Å². The lowest BCUT2D eigenvalue weighted by Gasteiger charge is -2.26. The van der Waals surface area contributed by atoms with Crippen molar-refractivity contribution in [3.63, 3.8) is 0 Å². The fraction of sp³-hybridized carbons (Fsp3) is 0.600. The summed E-state index contributed by atoms with van der Waals surface area (Å²) in [7, 11) is 0. The lowest BCUT2D eigenvalue weighted by molar-refractivity contribution is -0.149. The summed E-state index contributed by atoms with van der Waals surface area (Å²) in [4.78, 5) is 16.2. The molecule has 0 spiro atoms. The molecule has 0 unspecified atom stereocenters. The quantitative estimate of drug-likeness (QED) is 0.770. The highest BCUT2D eigenvalue weighted by molar-refractivity contribution is 5.72. The minimum absolute atomic E-state index is 0.0202. The van der Waals surface area contributed by atoms with Gasteiger partial charge in [0.05, 0.1) is 12.5 Å². The Bertz CT molecular complexity index is 409. The van der Waals surface area contributed by atoms with E-state index >= 15 is 0 Å². The molecule has 0 aliphatic heterocycles. The van der Waals surface area contributed by atoms with E-state index in [1.807, 2.05) is 19.9 Å². The van der Waals surface area contributed by atoms with Crippen LogP contribution in [0, 0.1) is 12.8 Å². The molecule has 98 valence electrons. The molecule has 1 heterocycles. The maximum absolute atomic E-state index is 11.7. The molecule has 1 aliphatic rings. The van der Waals surface area contributed by atoms with Gasteiger partial charge < -0.3 is 4.74 Å². The van der Waals surface area contributed by atoms with Crippen LogP contribution >= 0.6 is 0 Å². The Balaban J connectivity index is 1.92. The van der Waals surface area contributed by atoms with Crippen LogP contribution in [0.4, 0.5) is 0 Å². The molecule has 18 heavy (non-hydrogen) atoms. The van der Waals surface area contributed by atoms with E-state index in [9.17, 15) is 4.79 Å². The minimum Gasteiger partial charge on any atom is -0.466 e. The highest BCUT2D eigenvalue weighted by atomic mass is 16.5. The maximum Gasteiger partial charge on any atom is 0.308 e. The van der Waals surface area contributed by atoms with Crippen molar-refractivity contribution in [1.82, 2.24) is 4.98 Å². The van der Waals surface area contributed by atoms with Crippen molar-refractivity contribution in [1.29, 1.82) is 0 Å². The number of hydrogen-bond donors (Lipinski definition) is 0. The zero-order chi connectivity index (χ0) is 13.0. The van der Waals surface area contributed by atoms with Crippen LogP contribution in [0.15, 0.2) is 18.2 Å². The number of ether oxygens (including phenoxy) is 1. The van der Waals surface area contributed by atoms with Crippen molar-refractivity contribution in [3.05, 3.63) is 29.6 Å². The molecule has 1 fully saturated rings. The van der Waals surface area contributed by atoms with E-state index in [1.165, 1.54) is 5.69 Å². The summed E-state index contributed by atoms with van der Waals surface area (Å²) in [5.74, 6) is 0.592. The number of rotatable bonds is 3. The molecule has 0 radical (unpaired) electrons. The maximum atomic E-state index is 11.7. The number of hydrogen-bond acceptors (Lipinski definition) is 3. The molecule has 3 heteroatoms. The number of aromatic nitrogens is 1. The standard InChI is InChI=1S/C15H21NO2/c1-3-18-15(17)13-9-7-12(8-10-13)14-6-4-5-11(2)16-14/h4-6,12-13H,3,7-10H2,1-2H3/t12-,13-. The summed E-state index contributed by atoms with van der Waals surface area (Å²) < 4.78 is 5.09. The molecule has 1 saturated carbocycles. The predicted octanol–water partition coefficient (Wildman–Crippen LogP) is 3.23. The Morgan fingerprint density at radius 2 is 2.06 bits per heavy atom. The molecule has 1 aliphatic carbocycles. The Morgan fingerprint density at radius 3 is 2.67 bits per heavy atom. The second-order valence-corrected chi connectivity index (χ2v) is 5.00. The summed E-state index contributed by atoms with van der Waals surface area (Å²) in [5, 5.41) is 0. The molecule has 0 amide bonds. The average molecular weight is 247 g/mol. The molecule has 1 aromatic heterocycles. The molecular formula is C15H21NO2. The van der Waals surface area contributed by atoms with Gasteiger partial charge in [0.2, 0.25) is 0 Å². The van der Waals surface area contributed by atoms with Crippen molar-refractivity contribution < 1.29 is 9.53 Å². The molecule has 2 rings (SSSR count). The van der Waals surface area contributed by atoms with Crippen molar-refractivity contribution in [2.45, 2.75) is 45.4 Å². The first kappa shape index (κ1) is 13.1. The van der Waals surface area contributed by atoms with Gasteiger partial charge in [-0.3, -0.25) is 9.78 Å². The SMILES string of the molecule is CCOC(=O)[C@H]1CC[C@H](c2cccc(C)n2)CC1. The van der Waals surface area contributed by atoms with Crippen LogP contribution in [0.1, 0.15) is 49.9 Å². The van der Waals surface area contributed by atoms with E-state index in [-0.39, 0.29) is 11.9 Å². The third-order valence-electron chi connectivity index (χ3n) is 3.68. The summed E-state index contributed by atoms with van der Waals surface area (Å²) >= 11 is 0. The molecule has 0 aromatic carbocycles. The van der Waals surface area contributed by atoms with Gasteiger partial charge in [0, 0.05) is 17.3 Å². The zero-order valence-electron chi connectivity index (χ0n) is 11.2. The summed E-state index contributed by atoms with van der Waals surface area (Å²) in [6.45, 7) is 4.37. The first-order chi connectivity index (χ1) is 8.70. The number of nitrogens with zero attached hydrogens (tertiary/aromatic N) is 1. The number of aryl methyl sites for hydroxylation is 1. The van der Waals surface area contributed by atoms with Crippen LogP contribution in [0.5, 0.6) is 0 Å². The van der Waals surface area contributed by atoms with Crippen LogP contribution in [0.3, 0.4) is 0 Å². The number of carbonyl (C=O) groups is 1. The van der Waals surface area contributed by atoms with Gasteiger partial charge in [-0.1, -0.05) is 6.07 Å². The first-order valence-corrected chi connectivity index (χ1v) is 6.81. The lowest BCUT2D eigenvalue weighted by Crippen LogP contribution is -2.23. The first-order valence-electron chi connectivity index (χ1n) is 6.81. The average Bonchev–Trinajstić information content (AvgIpc) is 2.39. The van der Waals surface area contributed by atoms with E-state index in [4.69, 9.17) is 4.74 Å². The third kappa shape index (κ3) is 3.09. The van der Waals surface area contributed by atoms with Crippen molar-refractivity contribution >= 4 is 5.97 Å². The fourth-order valence-corrected chi connectivity index (χ4v) is 2.68. The van der Waals surface area contributed by atoms with Gasteiger partial charge in [-0.15, -0.1) is 0 Å². The highest BCUT2D eigenvalue weighted by Crippen LogP contribution is 2.35. The Hall–Kier alpha value is -1.38. The number of esters is 1. The Kier molecular flexibility index (Phi) is 4.34. The fourth-order valence-electron chi connectivity index (χ4n) is 2.68. The monoisotopic (exact) mass is 247 g/mol. The molecule has 0 saturated heterocycles. The van der Waals surface area contributed by atoms with Crippen LogP contribution < -0.4 is 0 Å².